The smallest absolute Gasteiger partial charge is 0.172 e. The highest BCUT2D eigenvalue weighted by Crippen LogP contribution is 2.29. The van der Waals surface area contributed by atoms with Crippen LogP contribution in [0.25, 0.3) is 5.52 Å². The number of hydrogen-bond donors (Lipinski definition) is 2. The molecule has 20 heavy (non-hydrogen) atoms. The molecule has 0 fully saturated rings. The van der Waals surface area contributed by atoms with E-state index >= 15 is 0 Å². The normalized spacial score (nSPS) is 14.8. The molecule has 0 saturated carbocycles. The maximum absolute atomic E-state index is 6.23. The average molecular weight is 274 g/mol. The molecule has 0 amide bonds. The van der Waals surface area contributed by atoms with E-state index in [-0.39, 0.29) is 0 Å². The fraction of sp³-hybridized carbons (Fsp3) is 0.533. The molecule has 0 aromatic carbocycles. The third-order valence-corrected chi connectivity index (χ3v) is 3.96. The summed E-state index contributed by atoms with van der Waals surface area (Å²) in [7, 11) is 6.55. The van der Waals surface area contributed by atoms with Crippen LogP contribution in [-0.2, 0) is 12.8 Å². The Morgan fingerprint density at radius 2 is 2.10 bits per heavy atom. The number of fused-ring (bicyclic) bond motifs is 3. The quantitative estimate of drug-likeness (QED) is 0.831. The van der Waals surface area contributed by atoms with Crippen LogP contribution < -0.4 is 11.1 Å². The van der Waals surface area contributed by atoms with Crippen LogP contribution in [0, 0.1) is 0 Å². The number of anilines is 2. The van der Waals surface area contributed by atoms with Gasteiger partial charge in [-0.2, -0.15) is 0 Å². The predicted octanol–water partition coefficient (Wildman–Crippen LogP) is 1.52. The van der Waals surface area contributed by atoms with Crippen molar-refractivity contribution in [2.24, 2.45) is 0 Å². The largest absolute Gasteiger partial charge is 0.394 e. The summed E-state index contributed by atoms with van der Waals surface area (Å²) in [5.74, 6) is 0.818. The van der Waals surface area contributed by atoms with Gasteiger partial charge in [-0.3, -0.25) is 0 Å². The average Bonchev–Trinajstić information content (AvgIpc) is 2.93. The van der Waals surface area contributed by atoms with Gasteiger partial charge in [-0.15, -0.1) is 5.10 Å². The lowest BCUT2D eigenvalue weighted by molar-refractivity contribution is -0.868. The van der Waals surface area contributed by atoms with Gasteiger partial charge >= 0.3 is 0 Å². The van der Waals surface area contributed by atoms with E-state index in [0.29, 0.717) is 0 Å². The van der Waals surface area contributed by atoms with Gasteiger partial charge in [0.05, 0.1) is 39.7 Å². The van der Waals surface area contributed by atoms with Crippen LogP contribution in [0.2, 0.25) is 0 Å². The SMILES string of the molecule is C[N+](C)(C)CCNc1nn2c3c(ccc2c1N)CCC3. The van der Waals surface area contributed by atoms with Gasteiger partial charge in [0, 0.05) is 5.69 Å². The Morgan fingerprint density at radius 1 is 1.30 bits per heavy atom. The van der Waals surface area contributed by atoms with E-state index in [4.69, 9.17) is 5.73 Å². The zero-order valence-corrected chi connectivity index (χ0v) is 12.6. The second-order valence-electron chi connectivity index (χ2n) is 6.66. The fourth-order valence-corrected chi connectivity index (χ4v) is 2.80. The molecule has 5 nitrogen and oxygen atoms in total. The topological polar surface area (TPSA) is 55.4 Å². The van der Waals surface area contributed by atoms with E-state index in [9.17, 15) is 0 Å². The molecule has 1 aliphatic carbocycles. The molecule has 3 N–H and O–H groups in total. The van der Waals surface area contributed by atoms with Crippen molar-refractivity contribution in [1.82, 2.24) is 9.61 Å². The molecular formula is C15H24N5+. The summed E-state index contributed by atoms with van der Waals surface area (Å²) in [5.41, 5.74) is 10.8. The number of quaternary nitrogens is 1. The molecule has 0 unspecified atom stereocenters. The Balaban J connectivity index is 1.87. The van der Waals surface area contributed by atoms with Crippen molar-refractivity contribution in [3.05, 3.63) is 23.4 Å². The highest BCUT2D eigenvalue weighted by atomic mass is 15.3. The number of aromatic nitrogens is 2. The van der Waals surface area contributed by atoms with Crippen molar-refractivity contribution in [2.45, 2.75) is 19.3 Å². The van der Waals surface area contributed by atoms with Gasteiger partial charge in [-0.1, -0.05) is 6.07 Å². The molecule has 2 aromatic heterocycles. The molecule has 0 radical (unpaired) electrons. The Kier molecular flexibility index (Phi) is 3.09. The van der Waals surface area contributed by atoms with E-state index in [1.54, 1.807) is 0 Å². The summed E-state index contributed by atoms with van der Waals surface area (Å²) in [6.07, 6.45) is 3.49. The summed E-state index contributed by atoms with van der Waals surface area (Å²) < 4.78 is 2.96. The number of aryl methyl sites for hydroxylation is 2. The Hall–Kier alpha value is -1.75. The summed E-state index contributed by atoms with van der Waals surface area (Å²) in [6.45, 7) is 1.91. The summed E-state index contributed by atoms with van der Waals surface area (Å²) in [5, 5.41) is 8.05. The van der Waals surface area contributed by atoms with E-state index < -0.39 is 0 Å². The molecule has 0 atom stereocenters. The second-order valence-corrected chi connectivity index (χ2v) is 6.66. The minimum Gasteiger partial charge on any atom is -0.394 e. The van der Waals surface area contributed by atoms with E-state index in [1.165, 1.54) is 17.7 Å². The molecule has 0 bridgehead atoms. The minimum atomic E-state index is 0.765. The summed E-state index contributed by atoms with van der Waals surface area (Å²) in [4.78, 5) is 0. The first-order valence-corrected chi connectivity index (χ1v) is 7.29. The maximum Gasteiger partial charge on any atom is 0.172 e. The Labute approximate surface area is 120 Å². The number of nitrogen functional groups attached to an aromatic ring is 1. The number of pyridine rings is 1. The lowest BCUT2D eigenvalue weighted by Gasteiger charge is -2.23. The van der Waals surface area contributed by atoms with E-state index in [0.717, 1.165) is 47.4 Å². The number of hydrogen-bond acceptors (Lipinski definition) is 3. The molecule has 2 aromatic rings. The first-order valence-electron chi connectivity index (χ1n) is 7.29. The van der Waals surface area contributed by atoms with E-state index in [2.05, 4.69) is 43.7 Å². The van der Waals surface area contributed by atoms with Gasteiger partial charge in [-0.05, 0) is 30.9 Å². The van der Waals surface area contributed by atoms with Crippen LogP contribution in [-0.4, -0.2) is 48.3 Å². The summed E-state index contributed by atoms with van der Waals surface area (Å²) >= 11 is 0. The van der Waals surface area contributed by atoms with Gasteiger partial charge < -0.3 is 15.5 Å². The Morgan fingerprint density at radius 3 is 2.85 bits per heavy atom. The van der Waals surface area contributed by atoms with Crippen molar-refractivity contribution in [2.75, 3.05) is 45.3 Å². The predicted molar refractivity (Wildman–Crippen MR) is 83.0 cm³/mol. The molecule has 0 aliphatic heterocycles. The zero-order valence-electron chi connectivity index (χ0n) is 12.6. The highest BCUT2D eigenvalue weighted by Gasteiger charge is 2.18. The number of nitrogens with one attached hydrogen (secondary N) is 1. The van der Waals surface area contributed by atoms with Crippen LogP contribution in [0.1, 0.15) is 17.7 Å². The van der Waals surface area contributed by atoms with Crippen molar-refractivity contribution < 1.29 is 4.48 Å². The number of nitrogens with two attached hydrogens (primary N) is 1. The van der Waals surface area contributed by atoms with Gasteiger partial charge in [0.15, 0.2) is 5.82 Å². The van der Waals surface area contributed by atoms with Gasteiger partial charge in [-0.25, -0.2) is 4.52 Å². The third kappa shape index (κ3) is 2.33. The first-order chi connectivity index (χ1) is 9.46. The van der Waals surface area contributed by atoms with Crippen LogP contribution >= 0.6 is 0 Å². The first kappa shape index (κ1) is 13.2. The van der Waals surface area contributed by atoms with Crippen molar-refractivity contribution in [3.63, 3.8) is 0 Å². The highest BCUT2D eigenvalue weighted by molar-refractivity contribution is 5.81. The zero-order chi connectivity index (χ0) is 14.3. The van der Waals surface area contributed by atoms with Gasteiger partial charge in [0.1, 0.15) is 5.69 Å². The van der Waals surface area contributed by atoms with Crippen LogP contribution in [0.15, 0.2) is 12.1 Å². The lowest BCUT2D eigenvalue weighted by Crippen LogP contribution is -2.38. The molecule has 0 spiro atoms. The van der Waals surface area contributed by atoms with Crippen molar-refractivity contribution in [3.8, 4) is 0 Å². The molecule has 108 valence electrons. The van der Waals surface area contributed by atoms with Crippen LogP contribution in [0.3, 0.4) is 0 Å². The van der Waals surface area contributed by atoms with Crippen LogP contribution in [0.4, 0.5) is 11.5 Å². The number of rotatable bonds is 4. The maximum atomic E-state index is 6.23. The Bertz CT molecular complexity index is 636. The second kappa shape index (κ2) is 4.66. The van der Waals surface area contributed by atoms with E-state index in [1.807, 2.05) is 4.52 Å². The molecule has 1 aliphatic rings. The monoisotopic (exact) mass is 274 g/mol. The fourth-order valence-electron chi connectivity index (χ4n) is 2.80. The van der Waals surface area contributed by atoms with Crippen molar-refractivity contribution in [1.29, 1.82) is 0 Å². The minimum absolute atomic E-state index is 0.765. The number of nitrogens with zero attached hydrogens (tertiary/aromatic N) is 3. The molecule has 3 rings (SSSR count). The molecule has 5 heteroatoms. The van der Waals surface area contributed by atoms with Gasteiger partial charge in [0.25, 0.3) is 0 Å². The summed E-state index contributed by atoms with van der Waals surface area (Å²) in [6, 6.07) is 4.29. The molecular weight excluding hydrogens is 250 g/mol. The third-order valence-electron chi connectivity index (χ3n) is 3.96. The standard InChI is InChI=1S/C15H24N5/c1-20(2,3)10-9-17-15-14(16)13-8-7-11-5-4-6-12(11)19(13)18-15/h7-8H,4-6,9-10,16H2,1-3H3,(H,17,18)/q+1. The van der Waals surface area contributed by atoms with Crippen LogP contribution in [0.5, 0.6) is 0 Å². The van der Waals surface area contributed by atoms with Gasteiger partial charge in [0.2, 0.25) is 0 Å². The van der Waals surface area contributed by atoms with Crippen molar-refractivity contribution >= 4 is 17.0 Å². The number of likely N-dealkylation sites (N-methyl/N-ethyl adjacent to an activating group) is 1. The molecule has 0 saturated heterocycles. The lowest BCUT2D eigenvalue weighted by atomic mass is 10.2. The molecule has 2 heterocycles.